The molecular weight excluding hydrogens is 1090 g/mol. The van der Waals surface area contributed by atoms with Crippen molar-refractivity contribution in [3.05, 3.63) is 309 Å². The predicted molar refractivity (Wildman–Crippen MR) is 371 cm³/mol. The Bertz CT molecular complexity index is 5380. The van der Waals surface area contributed by atoms with Crippen LogP contribution < -0.4 is 0 Å². The van der Waals surface area contributed by atoms with E-state index in [1.807, 2.05) is 18.2 Å². The Labute approximate surface area is 520 Å². The molecule has 416 valence electrons. The Morgan fingerprint density at radius 3 is 1.06 bits per heavy atom. The number of hydrogen-bond donors (Lipinski definition) is 0. The SMILES string of the molecule is c1ccc(-c2cc(-c3ccccc3)nc(-c3ccc(-c4nc(-c5ccc(-c6nc(-c7ccccc7)cc(-c7ccccc7)n6)cc5)c5cc(-c6ccc7c8c(cccc68)-c6ccccc6-7)cc(-c6ccc7c8c(cccc68)-c6ccccc6-7)c5n4)cc3)c2)cc1. The second-order valence-corrected chi connectivity index (χ2v) is 23.4. The fraction of sp³-hybridized carbons (Fsp3) is 0. The van der Waals surface area contributed by atoms with E-state index in [1.165, 1.54) is 66.1 Å². The van der Waals surface area contributed by atoms with Crippen molar-refractivity contribution >= 4 is 32.4 Å². The molecule has 90 heavy (non-hydrogen) atoms. The largest absolute Gasteiger partial charge is 0.248 e. The van der Waals surface area contributed by atoms with E-state index in [9.17, 15) is 0 Å². The molecule has 3 heterocycles. The van der Waals surface area contributed by atoms with Crippen molar-refractivity contribution in [3.8, 4) is 157 Å². The first-order valence-corrected chi connectivity index (χ1v) is 30.6. The molecular formula is C85H51N5. The summed E-state index contributed by atoms with van der Waals surface area (Å²) >= 11 is 0. The highest BCUT2D eigenvalue weighted by Gasteiger charge is 2.27. The molecule has 0 atom stereocenters. The van der Waals surface area contributed by atoms with E-state index in [1.54, 1.807) is 0 Å². The number of nitrogens with zero attached hydrogens (tertiary/aromatic N) is 5. The van der Waals surface area contributed by atoms with Crippen LogP contribution in [0, 0.1) is 0 Å². The van der Waals surface area contributed by atoms with E-state index in [-0.39, 0.29) is 0 Å². The van der Waals surface area contributed by atoms with Crippen LogP contribution in [0.15, 0.2) is 309 Å². The summed E-state index contributed by atoms with van der Waals surface area (Å²) in [6.07, 6.45) is 0. The zero-order valence-electron chi connectivity index (χ0n) is 48.7. The molecule has 0 amide bonds. The van der Waals surface area contributed by atoms with Gasteiger partial charge in [0.1, 0.15) is 0 Å². The van der Waals surface area contributed by atoms with Crippen LogP contribution >= 0.6 is 0 Å². The van der Waals surface area contributed by atoms with Gasteiger partial charge in [-0.25, -0.2) is 24.9 Å². The van der Waals surface area contributed by atoms with Crippen molar-refractivity contribution in [1.29, 1.82) is 0 Å². The topological polar surface area (TPSA) is 64.5 Å². The maximum Gasteiger partial charge on any atom is 0.160 e. The minimum Gasteiger partial charge on any atom is -0.248 e. The van der Waals surface area contributed by atoms with Gasteiger partial charge in [0.05, 0.1) is 34.0 Å². The third kappa shape index (κ3) is 8.51. The number of fused-ring (bicyclic) bond motifs is 7. The minimum atomic E-state index is 0.617. The Kier molecular flexibility index (Phi) is 11.9. The molecule has 18 rings (SSSR count). The van der Waals surface area contributed by atoms with Gasteiger partial charge in [0, 0.05) is 49.9 Å². The average Bonchev–Trinajstić information content (AvgIpc) is 1.47. The van der Waals surface area contributed by atoms with Gasteiger partial charge >= 0.3 is 0 Å². The Morgan fingerprint density at radius 2 is 0.544 bits per heavy atom. The number of rotatable bonds is 10. The summed E-state index contributed by atoms with van der Waals surface area (Å²) < 4.78 is 0. The fourth-order valence-electron chi connectivity index (χ4n) is 13.9. The van der Waals surface area contributed by atoms with E-state index >= 15 is 0 Å². The molecule has 0 N–H and O–H groups in total. The van der Waals surface area contributed by atoms with Crippen LogP contribution in [0.4, 0.5) is 0 Å². The molecule has 0 radical (unpaired) electrons. The lowest BCUT2D eigenvalue weighted by Crippen LogP contribution is -1.99. The average molecular weight is 1140 g/mol. The molecule has 16 aromatic rings. The lowest BCUT2D eigenvalue weighted by Gasteiger charge is -2.18. The highest BCUT2D eigenvalue weighted by Crippen LogP contribution is 2.53. The van der Waals surface area contributed by atoms with E-state index < -0.39 is 0 Å². The standard InChI is InChI=1S/C85H51N5/c1-5-19-52(20-6-1)60-49-76(53-21-7-2-8-22-53)86-77(50-60)56-35-39-59(40-36-56)85-89-82(57-37-41-58(42-38-57)84-87-78(54-23-9-3-10-24-54)51-79(88-84)55-25-11-4-12-26-55)75-48-61(62-43-45-72-65-29-15-13-27-63(65)69-32-17-31-68(62)80(69)72)47-74(83(75)90-85)67-44-46-73-66-30-16-14-28-64(66)70-33-18-34-71(67)81(70)73/h1-51H. The summed E-state index contributed by atoms with van der Waals surface area (Å²) in [6, 6.07) is 111. The van der Waals surface area contributed by atoms with Gasteiger partial charge in [0.25, 0.3) is 0 Å². The van der Waals surface area contributed by atoms with Gasteiger partial charge in [-0.3, -0.25) is 0 Å². The number of pyridine rings is 1. The summed E-state index contributed by atoms with van der Waals surface area (Å²) in [7, 11) is 0. The molecule has 0 unspecified atom stereocenters. The quantitative estimate of drug-likeness (QED) is 0.137. The lowest BCUT2D eigenvalue weighted by atomic mass is 9.88. The minimum absolute atomic E-state index is 0.617. The summed E-state index contributed by atoms with van der Waals surface area (Å²) in [5.41, 5.74) is 28.7. The van der Waals surface area contributed by atoms with Crippen molar-refractivity contribution in [1.82, 2.24) is 24.9 Å². The molecule has 13 aromatic carbocycles. The molecule has 2 aliphatic carbocycles. The molecule has 0 aliphatic heterocycles. The first-order chi connectivity index (χ1) is 44.6. The molecule has 0 spiro atoms. The van der Waals surface area contributed by atoms with E-state index in [4.69, 9.17) is 24.9 Å². The van der Waals surface area contributed by atoms with Crippen molar-refractivity contribution in [2.24, 2.45) is 0 Å². The van der Waals surface area contributed by atoms with Crippen LogP contribution in [-0.2, 0) is 0 Å². The highest BCUT2D eigenvalue weighted by atomic mass is 14.9. The van der Waals surface area contributed by atoms with Crippen LogP contribution in [0.2, 0.25) is 0 Å². The summed E-state index contributed by atoms with van der Waals surface area (Å²) in [4.78, 5) is 27.3. The maximum absolute atomic E-state index is 5.78. The van der Waals surface area contributed by atoms with Crippen LogP contribution in [0.5, 0.6) is 0 Å². The van der Waals surface area contributed by atoms with Crippen LogP contribution in [0.25, 0.3) is 189 Å². The van der Waals surface area contributed by atoms with Gasteiger partial charge in [0.15, 0.2) is 11.6 Å². The van der Waals surface area contributed by atoms with Crippen LogP contribution in [0.3, 0.4) is 0 Å². The Morgan fingerprint density at radius 1 is 0.167 bits per heavy atom. The summed E-state index contributed by atoms with van der Waals surface area (Å²) in [5, 5.41) is 5.86. The van der Waals surface area contributed by atoms with Crippen molar-refractivity contribution in [3.63, 3.8) is 0 Å². The second-order valence-electron chi connectivity index (χ2n) is 23.4. The van der Waals surface area contributed by atoms with Gasteiger partial charge in [-0.1, -0.05) is 279 Å². The molecule has 0 bridgehead atoms. The zero-order valence-corrected chi connectivity index (χ0v) is 48.7. The molecule has 0 saturated carbocycles. The van der Waals surface area contributed by atoms with E-state index in [2.05, 4.69) is 291 Å². The molecule has 5 nitrogen and oxygen atoms in total. The number of aromatic nitrogens is 5. The van der Waals surface area contributed by atoms with Crippen molar-refractivity contribution < 1.29 is 0 Å². The van der Waals surface area contributed by atoms with Gasteiger partial charge < -0.3 is 0 Å². The first-order valence-electron chi connectivity index (χ1n) is 30.6. The van der Waals surface area contributed by atoms with Gasteiger partial charge in [0.2, 0.25) is 0 Å². The van der Waals surface area contributed by atoms with Gasteiger partial charge in [-0.15, -0.1) is 0 Å². The lowest BCUT2D eigenvalue weighted by molar-refractivity contribution is 1.18. The zero-order chi connectivity index (χ0) is 59.2. The van der Waals surface area contributed by atoms with Crippen LogP contribution in [-0.4, -0.2) is 24.9 Å². The van der Waals surface area contributed by atoms with Crippen LogP contribution in [0.1, 0.15) is 0 Å². The Balaban J connectivity index is 0.865. The third-order valence-electron chi connectivity index (χ3n) is 18.2. The van der Waals surface area contributed by atoms with Crippen molar-refractivity contribution in [2.75, 3.05) is 0 Å². The smallest absolute Gasteiger partial charge is 0.160 e. The first kappa shape index (κ1) is 51.2. The molecule has 5 heteroatoms. The molecule has 0 fully saturated rings. The van der Waals surface area contributed by atoms with Gasteiger partial charge in [-0.05, 0) is 124 Å². The molecule has 0 saturated heterocycles. The molecule has 2 aliphatic rings. The van der Waals surface area contributed by atoms with Crippen molar-refractivity contribution in [2.45, 2.75) is 0 Å². The summed E-state index contributed by atoms with van der Waals surface area (Å²) in [5.74, 6) is 1.26. The molecule has 3 aromatic heterocycles. The second kappa shape index (κ2) is 20.8. The van der Waals surface area contributed by atoms with E-state index in [0.717, 1.165) is 112 Å². The summed E-state index contributed by atoms with van der Waals surface area (Å²) in [6.45, 7) is 0. The van der Waals surface area contributed by atoms with E-state index in [0.29, 0.717) is 11.6 Å². The monoisotopic (exact) mass is 1140 g/mol. The third-order valence-corrected chi connectivity index (χ3v) is 18.2. The Hall–Kier alpha value is -12.1. The fourth-order valence-corrected chi connectivity index (χ4v) is 13.9. The number of benzene rings is 13. The number of hydrogen-bond acceptors (Lipinski definition) is 5. The normalized spacial score (nSPS) is 11.8. The highest BCUT2D eigenvalue weighted by molar-refractivity contribution is 6.22. The predicted octanol–water partition coefficient (Wildman–Crippen LogP) is 22.1. The van der Waals surface area contributed by atoms with Gasteiger partial charge in [-0.2, -0.15) is 0 Å². The maximum atomic E-state index is 5.78.